The summed E-state index contributed by atoms with van der Waals surface area (Å²) >= 11 is 0. The number of hydrogen-bond acceptors (Lipinski definition) is 4. The Bertz CT molecular complexity index is 626. The first-order valence-electron chi connectivity index (χ1n) is 8.22. The van der Waals surface area contributed by atoms with E-state index in [2.05, 4.69) is 10.6 Å². The number of nitrogens with one attached hydrogen (secondary N) is 2. The standard InChI is InChI=1S/C18H24N2O6/c1-9(11(3)17(23)24)15(21)19-13-5-7-14(8-6-13)20-16(22)10(2)12(4)18(25)26/h5-12H,1-4H3,(H,19,21)(H,20,22)(H,23,24)(H,25,26). The molecule has 1 aromatic carbocycles. The lowest BCUT2D eigenvalue weighted by Crippen LogP contribution is -2.30. The van der Waals surface area contributed by atoms with E-state index < -0.39 is 47.4 Å². The van der Waals surface area contributed by atoms with Gasteiger partial charge >= 0.3 is 11.9 Å². The Kier molecular flexibility index (Phi) is 7.30. The van der Waals surface area contributed by atoms with Gasteiger partial charge in [-0.05, 0) is 24.3 Å². The molecule has 4 N–H and O–H groups in total. The van der Waals surface area contributed by atoms with Crippen LogP contribution < -0.4 is 10.6 Å². The van der Waals surface area contributed by atoms with Crippen LogP contribution in [0.3, 0.4) is 0 Å². The molecular weight excluding hydrogens is 340 g/mol. The van der Waals surface area contributed by atoms with E-state index in [-0.39, 0.29) is 0 Å². The largest absolute Gasteiger partial charge is 0.481 e. The number of aliphatic carboxylic acids is 2. The summed E-state index contributed by atoms with van der Waals surface area (Å²) in [4.78, 5) is 46.0. The van der Waals surface area contributed by atoms with Gasteiger partial charge in [0.1, 0.15) is 0 Å². The van der Waals surface area contributed by atoms with E-state index in [1.165, 1.54) is 27.7 Å². The number of carboxylic acids is 2. The fourth-order valence-electron chi connectivity index (χ4n) is 2.03. The second-order valence-electron chi connectivity index (χ2n) is 6.39. The van der Waals surface area contributed by atoms with E-state index in [4.69, 9.17) is 10.2 Å². The zero-order valence-corrected chi connectivity index (χ0v) is 15.1. The maximum absolute atomic E-state index is 12.0. The van der Waals surface area contributed by atoms with E-state index in [9.17, 15) is 19.2 Å². The molecule has 0 aliphatic rings. The minimum atomic E-state index is -1.05. The second kappa shape index (κ2) is 8.98. The molecule has 8 heteroatoms. The number of rotatable bonds is 8. The van der Waals surface area contributed by atoms with Crippen molar-refractivity contribution in [3.8, 4) is 0 Å². The average molecular weight is 364 g/mol. The average Bonchev–Trinajstić information content (AvgIpc) is 2.60. The molecule has 0 aromatic heterocycles. The molecule has 0 saturated carbocycles. The fourth-order valence-corrected chi connectivity index (χ4v) is 2.03. The summed E-state index contributed by atoms with van der Waals surface area (Å²) in [7, 11) is 0. The van der Waals surface area contributed by atoms with Crippen molar-refractivity contribution in [3.63, 3.8) is 0 Å². The van der Waals surface area contributed by atoms with Gasteiger partial charge in [0, 0.05) is 23.2 Å². The summed E-state index contributed by atoms with van der Waals surface area (Å²) in [6.45, 7) is 6.00. The summed E-state index contributed by atoms with van der Waals surface area (Å²) in [6, 6.07) is 6.27. The van der Waals surface area contributed by atoms with Crippen molar-refractivity contribution in [2.45, 2.75) is 27.7 Å². The summed E-state index contributed by atoms with van der Waals surface area (Å²) in [6.07, 6.45) is 0. The number of carbonyl (C=O) groups is 4. The molecule has 0 aliphatic heterocycles. The van der Waals surface area contributed by atoms with Crippen molar-refractivity contribution in [2.24, 2.45) is 23.7 Å². The maximum Gasteiger partial charge on any atom is 0.307 e. The Morgan fingerprint density at radius 1 is 0.654 bits per heavy atom. The molecule has 1 aromatic rings. The van der Waals surface area contributed by atoms with Crippen LogP contribution in [-0.2, 0) is 19.2 Å². The van der Waals surface area contributed by atoms with Gasteiger partial charge in [-0.15, -0.1) is 0 Å². The van der Waals surface area contributed by atoms with Crippen LogP contribution in [-0.4, -0.2) is 34.0 Å². The van der Waals surface area contributed by atoms with E-state index >= 15 is 0 Å². The van der Waals surface area contributed by atoms with Crippen molar-refractivity contribution >= 4 is 35.1 Å². The van der Waals surface area contributed by atoms with Crippen LogP contribution in [0.5, 0.6) is 0 Å². The first-order valence-corrected chi connectivity index (χ1v) is 8.22. The molecule has 4 atom stereocenters. The molecule has 0 radical (unpaired) electrons. The van der Waals surface area contributed by atoms with Gasteiger partial charge in [-0.1, -0.05) is 27.7 Å². The highest BCUT2D eigenvalue weighted by Gasteiger charge is 2.26. The zero-order valence-electron chi connectivity index (χ0n) is 15.1. The second-order valence-corrected chi connectivity index (χ2v) is 6.39. The molecule has 0 bridgehead atoms. The van der Waals surface area contributed by atoms with Gasteiger partial charge in [-0.3, -0.25) is 19.2 Å². The topological polar surface area (TPSA) is 133 Å². The Morgan fingerprint density at radius 2 is 0.923 bits per heavy atom. The van der Waals surface area contributed by atoms with Crippen LogP contribution in [0.2, 0.25) is 0 Å². The Balaban J connectivity index is 2.69. The number of hydrogen-bond donors (Lipinski definition) is 4. The molecular formula is C18H24N2O6. The monoisotopic (exact) mass is 364 g/mol. The minimum absolute atomic E-state index is 0.416. The first-order chi connectivity index (χ1) is 12.0. The molecule has 142 valence electrons. The van der Waals surface area contributed by atoms with Gasteiger partial charge in [0.2, 0.25) is 11.8 Å². The highest BCUT2D eigenvalue weighted by Crippen LogP contribution is 2.19. The predicted octanol–water partition coefficient (Wildman–Crippen LogP) is 2.28. The number of carbonyl (C=O) groups excluding carboxylic acids is 2. The van der Waals surface area contributed by atoms with Crippen molar-refractivity contribution in [2.75, 3.05) is 10.6 Å². The van der Waals surface area contributed by atoms with Gasteiger partial charge in [-0.25, -0.2) is 0 Å². The molecule has 0 heterocycles. The van der Waals surface area contributed by atoms with Crippen LogP contribution in [0.15, 0.2) is 24.3 Å². The van der Waals surface area contributed by atoms with Crippen molar-refractivity contribution in [1.82, 2.24) is 0 Å². The minimum Gasteiger partial charge on any atom is -0.481 e. The molecule has 8 nitrogen and oxygen atoms in total. The van der Waals surface area contributed by atoms with Gasteiger partial charge in [0.05, 0.1) is 11.8 Å². The van der Waals surface area contributed by atoms with Gasteiger partial charge in [0.15, 0.2) is 0 Å². The number of benzene rings is 1. The van der Waals surface area contributed by atoms with Crippen LogP contribution in [0.1, 0.15) is 27.7 Å². The Hall–Kier alpha value is -2.90. The van der Waals surface area contributed by atoms with Crippen molar-refractivity contribution < 1.29 is 29.4 Å². The molecule has 4 unspecified atom stereocenters. The van der Waals surface area contributed by atoms with Gasteiger partial charge in [0.25, 0.3) is 0 Å². The highest BCUT2D eigenvalue weighted by atomic mass is 16.4. The number of anilines is 2. The maximum atomic E-state index is 12.0. The van der Waals surface area contributed by atoms with Crippen LogP contribution in [0.4, 0.5) is 11.4 Å². The summed E-state index contributed by atoms with van der Waals surface area (Å²) < 4.78 is 0. The quantitative estimate of drug-likeness (QED) is 0.559. The molecule has 0 aliphatic carbocycles. The smallest absolute Gasteiger partial charge is 0.307 e. The molecule has 1 rings (SSSR count). The third kappa shape index (κ3) is 5.58. The SMILES string of the molecule is CC(C(=O)O)C(C)C(=O)Nc1ccc(NC(=O)C(C)C(C)C(=O)O)cc1. The molecule has 0 fully saturated rings. The summed E-state index contributed by atoms with van der Waals surface area (Å²) in [5.41, 5.74) is 0.925. The molecule has 0 spiro atoms. The third-order valence-electron chi connectivity index (χ3n) is 4.53. The molecule has 26 heavy (non-hydrogen) atoms. The Labute approximate surface area is 151 Å². The number of carboxylic acid groups (broad SMARTS) is 2. The van der Waals surface area contributed by atoms with E-state index in [0.29, 0.717) is 11.4 Å². The van der Waals surface area contributed by atoms with Gasteiger partial charge in [-0.2, -0.15) is 0 Å². The first kappa shape index (κ1) is 21.1. The lowest BCUT2D eigenvalue weighted by atomic mass is 9.95. The molecule has 0 saturated heterocycles. The fraction of sp³-hybridized carbons (Fsp3) is 0.444. The lowest BCUT2D eigenvalue weighted by Gasteiger charge is -2.17. The van der Waals surface area contributed by atoms with Gasteiger partial charge < -0.3 is 20.8 Å². The van der Waals surface area contributed by atoms with E-state index in [0.717, 1.165) is 0 Å². The summed E-state index contributed by atoms with van der Waals surface area (Å²) in [5.74, 6) is -5.96. The van der Waals surface area contributed by atoms with Crippen molar-refractivity contribution in [3.05, 3.63) is 24.3 Å². The third-order valence-corrected chi connectivity index (χ3v) is 4.53. The lowest BCUT2D eigenvalue weighted by molar-refractivity contribution is -0.145. The normalized spacial score (nSPS) is 15.2. The highest BCUT2D eigenvalue weighted by molar-refractivity contribution is 5.96. The number of amides is 2. The van der Waals surface area contributed by atoms with Crippen LogP contribution in [0.25, 0.3) is 0 Å². The molecule has 2 amide bonds. The van der Waals surface area contributed by atoms with Crippen molar-refractivity contribution in [1.29, 1.82) is 0 Å². The summed E-state index contributed by atoms with van der Waals surface area (Å²) in [5, 5.41) is 23.1. The van der Waals surface area contributed by atoms with Crippen LogP contribution >= 0.6 is 0 Å². The zero-order chi connectivity index (χ0) is 20.0. The van der Waals surface area contributed by atoms with Crippen LogP contribution in [0, 0.1) is 23.7 Å². The Morgan fingerprint density at radius 3 is 1.15 bits per heavy atom. The van der Waals surface area contributed by atoms with E-state index in [1.807, 2.05) is 0 Å². The predicted molar refractivity (Wildman–Crippen MR) is 95.6 cm³/mol. The van der Waals surface area contributed by atoms with E-state index in [1.54, 1.807) is 24.3 Å².